The van der Waals surface area contributed by atoms with Crippen molar-refractivity contribution in [3.05, 3.63) is 59.7 Å². The molecular weight excluding hydrogens is 430 g/mol. The van der Waals surface area contributed by atoms with Gasteiger partial charge >= 0.3 is 0 Å². The Hall–Kier alpha value is -2.58. The van der Waals surface area contributed by atoms with E-state index >= 15 is 0 Å². The largest absolute Gasteiger partial charge is 0.454 e. The topological polar surface area (TPSA) is 90.9 Å². The average Bonchev–Trinajstić information content (AvgIpc) is 3.27. The first-order chi connectivity index (χ1) is 15.5. The number of sulfone groups is 1. The molecule has 0 aliphatic carbocycles. The van der Waals surface area contributed by atoms with Crippen molar-refractivity contribution in [2.24, 2.45) is 0 Å². The van der Waals surface area contributed by atoms with Gasteiger partial charge in [-0.1, -0.05) is 36.4 Å². The van der Waals surface area contributed by atoms with Crippen LogP contribution in [0.25, 0.3) is 0 Å². The summed E-state index contributed by atoms with van der Waals surface area (Å²) in [5.41, 5.74) is 1.81. The normalized spacial score (nSPS) is 17.1. The monoisotopic (exact) mass is 459 g/mol. The Balaban J connectivity index is 1.34. The minimum atomic E-state index is -3.47. The van der Waals surface area contributed by atoms with Crippen LogP contribution < -0.4 is 14.8 Å². The fraction of sp³-hybridized carbons (Fsp3) is 0.458. The van der Waals surface area contributed by atoms with Gasteiger partial charge in [0, 0.05) is 25.2 Å². The summed E-state index contributed by atoms with van der Waals surface area (Å²) >= 11 is 0. The van der Waals surface area contributed by atoms with E-state index in [2.05, 4.69) is 5.32 Å². The maximum Gasteiger partial charge on any atom is 0.235 e. The zero-order valence-corrected chi connectivity index (χ0v) is 18.9. The van der Waals surface area contributed by atoms with E-state index in [1.807, 2.05) is 48.5 Å². The molecule has 0 spiro atoms. The third-order valence-corrected chi connectivity index (χ3v) is 7.79. The van der Waals surface area contributed by atoms with Gasteiger partial charge in [0.2, 0.25) is 12.7 Å². The van der Waals surface area contributed by atoms with Gasteiger partial charge in [-0.05, 0) is 48.9 Å². The van der Waals surface area contributed by atoms with Crippen molar-refractivity contribution in [1.82, 2.24) is 5.32 Å². The number of carbonyl (C=O) groups excluding carboxylic acids is 1. The maximum atomic E-state index is 12.5. The highest BCUT2D eigenvalue weighted by Crippen LogP contribution is 2.40. The van der Waals surface area contributed by atoms with E-state index in [1.165, 1.54) is 0 Å². The molecule has 0 bridgehead atoms. The van der Waals surface area contributed by atoms with Gasteiger partial charge in [0.1, 0.15) is 5.75 Å². The molecule has 0 aromatic heterocycles. The first-order valence-corrected chi connectivity index (χ1v) is 12.8. The van der Waals surface area contributed by atoms with Crippen molar-refractivity contribution in [1.29, 1.82) is 0 Å². The van der Waals surface area contributed by atoms with Crippen molar-refractivity contribution in [2.45, 2.75) is 31.1 Å². The number of benzene rings is 2. The molecule has 1 amide bonds. The zero-order valence-electron chi connectivity index (χ0n) is 18.0. The summed E-state index contributed by atoms with van der Waals surface area (Å²) in [5, 5.41) is 2.88. The molecule has 0 unspecified atom stereocenters. The lowest BCUT2D eigenvalue weighted by Crippen LogP contribution is -2.46. The van der Waals surface area contributed by atoms with Gasteiger partial charge in [0.25, 0.3) is 0 Å². The summed E-state index contributed by atoms with van der Waals surface area (Å²) in [5.74, 6) is 0.449. The molecule has 0 atom stereocenters. The Morgan fingerprint density at radius 1 is 1.00 bits per heavy atom. The Bertz CT molecular complexity index is 1030. The minimum Gasteiger partial charge on any atom is -0.454 e. The van der Waals surface area contributed by atoms with Crippen LogP contribution in [0, 0.1) is 0 Å². The number of hydrogen-bond donors (Lipinski definition) is 1. The van der Waals surface area contributed by atoms with Gasteiger partial charge in [-0.15, -0.1) is 0 Å². The summed E-state index contributed by atoms with van der Waals surface area (Å²) in [6.07, 6.45) is 2.64. The molecule has 2 aromatic rings. The predicted octanol–water partition coefficient (Wildman–Crippen LogP) is 2.63. The van der Waals surface area contributed by atoms with Crippen LogP contribution in [0.4, 0.5) is 0 Å². The van der Waals surface area contributed by atoms with Crippen molar-refractivity contribution in [3.8, 4) is 11.5 Å². The Morgan fingerprint density at radius 2 is 1.75 bits per heavy atom. The molecular formula is C24H29NO6S. The molecule has 0 radical (unpaired) electrons. The summed E-state index contributed by atoms with van der Waals surface area (Å²) in [6, 6.07) is 15.6. The van der Waals surface area contributed by atoms with Gasteiger partial charge < -0.3 is 19.5 Å². The van der Waals surface area contributed by atoms with Crippen LogP contribution in [0.15, 0.2) is 48.5 Å². The molecule has 8 heteroatoms. The van der Waals surface area contributed by atoms with Crippen LogP contribution >= 0.6 is 0 Å². The predicted molar refractivity (Wildman–Crippen MR) is 121 cm³/mol. The van der Waals surface area contributed by atoms with E-state index in [0.717, 1.165) is 24.0 Å². The number of hydrogen-bond acceptors (Lipinski definition) is 6. The number of fused-ring (bicyclic) bond motifs is 1. The van der Waals surface area contributed by atoms with E-state index in [1.54, 1.807) is 0 Å². The smallest absolute Gasteiger partial charge is 0.235 e. The number of ether oxygens (including phenoxy) is 3. The molecule has 2 heterocycles. The summed E-state index contributed by atoms with van der Waals surface area (Å²) < 4.78 is 41.4. The van der Waals surface area contributed by atoms with E-state index in [9.17, 15) is 13.2 Å². The molecule has 32 heavy (non-hydrogen) atoms. The van der Waals surface area contributed by atoms with Gasteiger partial charge in [0.15, 0.2) is 21.3 Å². The number of amides is 1. The standard InChI is InChI=1S/C24H29NO6S/c26-23(16-32(27,28)14-4-7-19-5-2-1-3-6-19)25-17-24(10-12-29-13-11-24)20-8-9-21-22(15-20)31-18-30-21/h1-3,5-6,8-9,15H,4,7,10-14,16-18H2,(H,25,26). The lowest BCUT2D eigenvalue weighted by molar-refractivity contribution is -0.119. The molecule has 2 aliphatic heterocycles. The SMILES string of the molecule is O=C(CS(=O)(=O)CCCc1ccccc1)NCC1(c2ccc3c(c2)OCO3)CCOCC1. The molecule has 4 rings (SSSR count). The summed E-state index contributed by atoms with van der Waals surface area (Å²) in [4.78, 5) is 12.5. The molecule has 1 saturated heterocycles. The highest BCUT2D eigenvalue weighted by molar-refractivity contribution is 7.92. The second-order valence-electron chi connectivity index (χ2n) is 8.42. The lowest BCUT2D eigenvalue weighted by atomic mass is 9.74. The third kappa shape index (κ3) is 5.61. The number of aryl methyl sites for hydroxylation is 1. The van der Waals surface area contributed by atoms with Crippen LogP contribution in [0.3, 0.4) is 0 Å². The van der Waals surface area contributed by atoms with Crippen LogP contribution in [-0.2, 0) is 31.2 Å². The molecule has 0 saturated carbocycles. The van der Waals surface area contributed by atoms with Gasteiger partial charge in [-0.2, -0.15) is 0 Å². The highest BCUT2D eigenvalue weighted by atomic mass is 32.2. The lowest BCUT2D eigenvalue weighted by Gasteiger charge is -2.38. The quantitative estimate of drug-likeness (QED) is 0.620. The fourth-order valence-corrected chi connectivity index (χ4v) is 5.52. The van der Waals surface area contributed by atoms with E-state index < -0.39 is 21.5 Å². The Labute approximate surface area is 189 Å². The second-order valence-corrected chi connectivity index (χ2v) is 10.6. The molecule has 2 aromatic carbocycles. The molecule has 7 nitrogen and oxygen atoms in total. The van der Waals surface area contributed by atoms with Crippen LogP contribution in [0.2, 0.25) is 0 Å². The highest BCUT2D eigenvalue weighted by Gasteiger charge is 2.36. The summed E-state index contributed by atoms with van der Waals surface area (Å²) in [7, 11) is -3.47. The average molecular weight is 460 g/mol. The van der Waals surface area contributed by atoms with Crippen LogP contribution in [0.5, 0.6) is 11.5 Å². The van der Waals surface area contributed by atoms with Gasteiger partial charge in [-0.3, -0.25) is 4.79 Å². The van der Waals surface area contributed by atoms with Crippen molar-refractivity contribution >= 4 is 15.7 Å². The molecule has 1 N–H and O–H groups in total. The second kappa shape index (κ2) is 9.92. The van der Waals surface area contributed by atoms with E-state index in [-0.39, 0.29) is 18.0 Å². The first-order valence-electron chi connectivity index (χ1n) is 10.9. The number of nitrogens with one attached hydrogen (secondary N) is 1. The van der Waals surface area contributed by atoms with Crippen molar-refractivity contribution in [3.63, 3.8) is 0 Å². The molecule has 2 aliphatic rings. The van der Waals surface area contributed by atoms with Gasteiger partial charge in [-0.25, -0.2) is 8.42 Å². The fourth-order valence-electron chi connectivity index (χ4n) is 4.29. The third-order valence-electron chi connectivity index (χ3n) is 6.17. The maximum absolute atomic E-state index is 12.5. The first kappa shape index (κ1) is 22.6. The Kier molecular flexibility index (Phi) is 7.01. The molecule has 172 valence electrons. The van der Waals surface area contributed by atoms with Crippen molar-refractivity contribution < 1.29 is 27.4 Å². The van der Waals surface area contributed by atoms with Crippen LogP contribution in [-0.4, -0.2) is 52.4 Å². The minimum absolute atomic E-state index is 0.00351. The number of rotatable bonds is 9. The molecule has 1 fully saturated rings. The van der Waals surface area contributed by atoms with Crippen LogP contribution in [0.1, 0.15) is 30.4 Å². The van der Waals surface area contributed by atoms with Crippen molar-refractivity contribution in [2.75, 3.05) is 38.1 Å². The van der Waals surface area contributed by atoms with Gasteiger partial charge in [0.05, 0.1) is 5.75 Å². The zero-order chi connectivity index (χ0) is 22.4. The van der Waals surface area contributed by atoms with E-state index in [4.69, 9.17) is 14.2 Å². The van der Waals surface area contributed by atoms with E-state index in [0.29, 0.717) is 44.1 Å². The number of carbonyl (C=O) groups is 1. The Morgan fingerprint density at radius 3 is 2.53 bits per heavy atom. The summed E-state index contributed by atoms with van der Waals surface area (Å²) in [6.45, 7) is 1.73.